The summed E-state index contributed by atoms with van der Waals surface area (Å²) < 4.78 is 0. The molecular formula is C12H14O5. The van der Waals surface area contributed by atoms with Gasteiger partial charge >= 0.3 is 5.97 Å². The van der Waals surface area contributed by atoms with Crippen molar-refractivity contribution in [2.45, 2.75) is 38.5 Å². The van der Waals surface area contributed by atoms with Gasteiger partial charge in [-0.1, -0.05) is 6.42 Å². The zero-order valence-corrected chi connectivity index (χ0v) is 9.40. The van der Waals surface area contributed by atoms with E-state index >= 15 is 0 Å². The average Bonchev–Trinajstić information content (AvgIpc) is 2.12. The minimum atomic E-state index is -1.77. The molecule has 0 unspecified atom stereocenters. The summed E-state index contributed by atoms with van der Waals surface area (Å²) in [5.74, 6) is -2.88. The second-order valence-corrected chi connectivity index (χ2v) is 4.99. The Kier molecular flexibility index (Phi) is 2.85. The highest BCUT2D eigenvalue weighted by atomic mass is 16.4. The molecule has 5 nitrogen and oxygen atoms in total. The number of ketones is 3. The lowest BCUT2D eigenvalue weighted by atomic mass is 9.63. The van der Waals surface area contributed by atoms with E-state index in [4.69, 9.17) is 0 Å². The first-order chi connectivity index (χ1) is 7.95. The summed E-state index contributed by atoms with van der Waals surface area (Å²) in [5, 5.41) is 9.24. The van der Waals surface area contributed by atoms with Crippen molar-refractivity contribution in [2.24, 2.45) is 11.3 Å². The van der Waals surface area contributed by atoms with Crippen LogP contribution in [-0.4, -0.2) is 28.4 Å². The number of hydrogen-bond acceptors (Lipinski definition) is 4. The van der Waals surface area contributed by atoms with Crippen molar-refractivity contribution in [3.63, 3.8) is 0 Å². The van der Waals surface area contributed by atoms with Gasteiger partial charge in [0.05, 0.1) is 6.42 Å². The van der Waals surface area contributed by atoms with E-state index in [0.29, 0.717) is 12.8 Å². The van der Waals surface area contributed by atoms with Crippen LogP contribution in [0.4, 0.5) is 0 Å². The Morgan fingerprint density at radius 3 is 2.00 bits per heavy atom. The van der Waals surface area contributed by atoms with Gasteiger partial charge in [0.2, 0.25) is 0 Å². The van der Waals surface area contributed by atoms with Crippen LogP contribution in [0.5, 0.6) is 0 Å². The molecular weight excluding hydrogens is 224 g/mol. The van der Waals surface area contributed by atoms with Crippen LogP contribution in [-0.2, 0) is 19.2 Å². The van der Waals surface area contributed by atoms with Gasteiger partial charge in [0.15, 0.2) is 5.78 Å². The first-order valence-corrected chi connectivity index (χ1v) is 5.77. The Balaban J connectivity index is 2.30. The molecule has 2 aliphatic carbocycles. The molecule has 1 N–H and O–H groups in total. The SMILES string of the molecule is O=C1CC(=O)CC(C(=O)O)(C(=O)C2CCC2)C1. The fraction of sp³-hybridized carbons (Fsp3) is 0.667. The van der Waals surface area contributed by atoms with Gasteiger partial charge in [-0.2, -0.15) is 0 Å². The highest BCUT2D eigenvalue weighted by Gasteiger charge is 2.54. The molecule has 2 rings (SSSR count). The molecule has 0 heterocycles. The molecule has 0 bridgehead atoms. The second-order valence-electron chi connectivity index (χ2n) is 4.99. The van der Waals surface area contributed by atoms with Gasteiger partial charge in [-0.25, -0.2) is 0 Å². The third kappa shape index (κ3) is 1.90. The smallest absolute Gasteiger partial charge is 0.318 e. The molecule has 92 valence electrons. The van der Waals surface area contributed by atoms with Gasteiger partial charge in [0, 0.05) is 18.8 Å². The third-order valence-corrected chi connectivity index (χ3v) is 3.75. The van der Waals surface area contributed by atoms with Gasteiger partial charge in [0.1, 0.15) is 17.0 Å². The monoisotopic (exact) mass is 238 g/mol. The molecule has 17 heavy (non-hydrogen) atoms. The molecule has 0 aliphatic heterocycles. The standard InChI is InChI=1S/C12H14O5/c13-8-4-9(14)6-12(5-8,11(16)17)10(15)7-2-1-3-7/h7H,1-6H2,(H,16,17). The Morgan fingerprint density at radius 2 is 1.65 bits per heavy atom. The number of carboxylic acids is 1. The molecule has 0 aromatic rings. The number of rotatable bonds is 3. The summed E-state index contributed by atoms with van der Waals surface area (Å²) in [7, 11) is 0. The zero-order chi connectivity index (χ0) is 12.6. The third-order valence-electron chi connectivity index (χ3n) is 3.75. The van der Waals surface area contributed by atoms with Crippen molar-refractivity contribution >= 4 is 23.3 Å². The van der Waals surface area contributed by atoms with Gasteiger partial charge in [0.25, 0.3) is 0 Å². The van der Waals surface area contributed by atoms with E-state index in [1.807, 2.05) is 0 Å². The van der Waals surface area contributed by atoms with Gasteiger partial charge in [-0.15, -0.1) is 0 Å². The van der Waals surface area contributed by atoms with Gasteiger partial charge < -0.3 is 5.11 Å². The average molecular weight is 238 g/mol. The quantitative estimate of drug-likeness (QED) is 0.733. The van der Waals surface area contributed by atoms with Crippen LogP contribution in [0.1, 0.15) is 38.5 Å². The largest absolute Gasteiger partial charge is 0.480 e. The highest BCUT2D eigenvalue weighted by molar-refractivity contribution is 6.15. The number of hydrogen-bond donors (Lipinski definition) is 1. The number of Topliss-reactive ketones (excluding diaryl/α,β-unsaturated/α-hetero) is 3. The number of carbonyl (C=O) groups is 4. The van der Waals surface area contributed by atoms with Crippen LogP contribution in [0.15, 0.2) is 0 Å². The van der Waals surface area contributed by atoms with E-state index < -0.39 is 28.7 Å². The Hall–Kier alpha value is -1.52. The van der Waals surface area contributed by atoms with Crippen molar-refractivity contribution in [3.05, 3.63) is 0 Å². The lowest BCUT2D eigenvalue weighted by molar-refractivity contribution is -0.164. The summed E-state index contributed by atoms with van der Waals surface area (Å²) >= 11 is 0. The van der Waals surface area contributed by atoms with Crippen molar-refractivity contribution in [2.75, 3.05) is 0 Å². The maximum Gasteiger partial charge on any atom is 0.318 e. The van der Waals surface area contributed by atoms with Crippen LogP contribution in [0.25, 0.3) is 0 Å². The van der Waals surface area contributed by atoms with E-state index in [2.05, 4.69) is 0 Å². The normalized spacial score (nSPS) is 24.2. The van der Waals surface area contributed by atoms with E-state index in [1.54, 1.807) is 0 Å². The first-order valence-electron chi connectivity index (χ1n) is 5.77. The van der Waals surface area contributed by atoms with Crippen molar-refractivity contribution in [3.8, 4) is 0 Å². The maximum absolute atomic E-state index is 12.1. The summed E-state index contributed by atoms with van der Waals surface area (Å²) in [5.41, 5.74) is -1.77. The molecule has 2 aliphatic rings. The molecule has 0 saturated heterocycles. The minimum absolute atomic E-state index is 0.229. The number of aliphatic carboxylic acids is 1. The summed E-state index contributed by atoms with van der Waals surface area (Å²) in [6, 6.07) is 0. The topological polar surface area (TPSA) is 88.5 Å². The van der Waals surface area contributed by atoms with Crippen molar-refractivity contribution < 1.29 is 24.3 Å². The molecule has 0 aromatic heterocycles. The van der Waals surface area contributed by atoms with Crippen molar-refractivity contribution in [1.82, 2.24) is 0 Å². The van der Waals surface area contributed by atoms with Gasteiger partial charge in [-0.05, 0) is 12.8 Å². The van der Waals surface area contributed by atoms with Crippen LogP contribution in [0, 0.1) is 11.3 Å². The van der Waals surface area contributed by atoms with E-state index in [-0.39, 0.29) is 25.2 Å². The summed E-state index contributed by atoms with van der Waals surface area (Å²) in [4.78, 5) is 46.3. The summed E-state index contributed by atoms with van der Waals surface area (Å²) in [6.45, 7) is 0. The van der Waals surface area contributed by atoms with Crippen LogP contribution >= 0.6 is 0 Å². The Bertz CT molecular complexity index is 389. The van der Waals surface area contributed by atoms with Crippen LogP contribution in [0.3, 0.4) is 0 Å². The lowest BCUT2D eigenvalue weighted by Gasteiger charge is -2.36. The molecule has 0 atom stereocenters. The first kappa shape index (κ1) is 12.0. The van der Waals surface area contributed by atoms with Crippen LogP contribution in [0.2, 0.25) is 0 Å². The predicted octanol–water partition coefficient (Wildman–Crippen LogP) is 0.749. The van der Waals surface area contributed by atoms with Crippen molar-refractivity contribution in [1.29, 1.82) is 0 Å². The highest BCUT2D eigenvalue weighted by Crippen LogP contribution is 2.41. The minimum Gasteiger partial charge on any atom is -0.480 e. The molecule has 0 aromatic carbocycles. The zero-order valence-electron chi connectivity index (χ0n) is 9.40. The summed E-state index contributed by atoms with van der Waals surface area (Å²) in [6.07, 6.45) is 1.40. The van der Waals surface area contributed by atoms with E-state index in [0.717, 1.165) is 6.42 Å². The lowest BCUT2D eigenvalue weighted by Crippen LogP contribution is -2.50. The predicted molar refractivity (Wildman–Crippen MR) is 56.3 cm³/mol. The fourth-order valence-electron chi connectivity index (χ4n) is 2.57. The van der Waals surface area contributed by atoms with Crippen LogP contribution < -0.4 is 0 Å². The molecule has 0 spiro atoms. The van der Waals surface area contributed by atoms with Gasteiger partial charge in [-0.3, -0.25) is 19.2 Å². The molecule has 5 heteroatoms. The maximum atomic E-state index is 12.1. The Labute approximate surface area is 98.2 Å². The molecule has 0 radical (unpaired) electrons. The number of carboxylic acid groups (broad SMARTS) is 1. The van der Waals surface area contributed by atoms with E-state index in [9.17, 15) is 24.3 Å². The second kappa shape index (κ2) is 4.05. The molecule has 2 saturated carbocycles. The number of carbonyl (C=O) groups excluding carboxylic acids is 3. The molecule has 0 amide bonds. The van der Waals surface area contributed by atoms with E-state index in [1.165, 1.54) is 0 Å². The molecule has 2 fully saturated rings. The fourth-order valence-corrected chi connectivity index (χ4v) is 2.57. The Morgan fingerprint density at radius 1 is 1.12 bits per heavy atom.